The molecule has 0 aliphatic carbocycles. The Kier molecular flexibility index (Phi) is 10.9. The topological polar surface area (TPSA) is 130 Å². The second kappa shape index (κ2) is 11.8. The molecule has 0 saturated heterocycles. The number of hydrogen-bond donors (Lipinski definition) is 0. The highest BCUT2D eigenvalue weighted by Gasteiger charge is 2.11. The van der Waals surface area contributed by atoms with Gasteiger partial charge in [0.2, 0.25) is 0 Å². The van der Waals surface area contributed by atoms with Gasteiger partial charge in [-0.1, -0.05) is 13.8 Å². The van der Waals surface area contributed by atoms with E-state index >= 15 is 0 Å². The average molecular weight is 330 g/mol. The molecule has 0 bridgehead atoms. The number of carbonyl (C=O) groups is 3. The summed E-state index contributed by atoms with van der Waals surface area (Å²) >= 11 is 0. The molecular formula is C14H24N3O6-3. The minimum absolute atomic E-state index is 0.0769. The molecule has 0 aromatic rings. The van der Waals surface area contributed by atoms with Crippen LogP contribution < -0.4 is 15.3 Å². The predicted octanol–water partition coefficient (Wildman–Crippen LogP) is -4.82. The van der Waals surface area contributed by atoms with Crippen LogP contribution in [-0.4, -0.2) is 91.5 Å². The molecular weight excluding hydrogens is 306 g/mol. The van der Waals surface area contributed by atoms with Gasteiger partial charge < -0.3 is 34.6 Å². The zero-order valence-corrected chi connectivity index (χ0v) is 13.7. The Hall–Kier alpha value is -1.71. The van der Waals surface area contributed by atoms with Crippen LogP contribution in [0.1, 0.15) is 13.8 Å². The van der Waals surface area contributed by atoms with Crippen LogP contribution in [-0.2, 0) is 14.4 Å². The molecule has 9 nitrogen and oxygen atoms in total. The van der Waals surface area contributed by atoms with E-state index in [4.69, 9.17) is 0 Å². The Balaban J connectivity index is 4.56. The fourth-order valence-corrected chi connectivity index (χ4v) is 2.14. The summed E-state index contributed by atoms with van der Waals surface area (Å²) < 4.78 is 0. The number of carboxylic acid groups (broad SMARTS) is 3. The summed E-state index contributed by atoms with van der Waals surface area (Å²) in [5, 5.41) is 32.0. The van der Waals surface area contributed by atoms with E-state index < -0.39 is 31.0 Å². The number of nitrogens with zero attached hydrogens (tertiary/aromatic N) is 3. The highest BCUT2D eigenvalue weighted by Crippen LogP contribution is 1.95. The molecule has 0 fully saturated rings. The lowest BCUT2D eigenvalue weighted by Gasteiger charge is -2.30. The minimum Gasteiger partial charge on any atom is -0.549 e. The van der Waals surface area contributed by atoms with Crippen LogP contribution in [0.25, 0.3) is 0 Å². The van der Waals surface area contributed by atoms with Crippen LogP contribution in [0.15, 0.2) is 0 Å². The van der Waals surface area contributed by atoms with Gasteiger partial charge in [0.05, 0.1) is 17.9 Å². The maximum absolute atomic E-state index is 10.8. The minimum atomic E-state index is -1.40. The number of carboxylic acids is 3. The predicted molar refractivity (Wildman–Crippen MR) is 75.7 cm³/mol. The Labute approximate surface area is 136 Å². The number of carbonyl (C=O) groups excluding carboxylic acids is 3. The summed E-state index contributed by atoms with van der Waals surface area (Å²) in [6, 6.07) is 0. The van der Waals surface area contributed by atoms with Gasteiger partial charge in [-0.3, -0.25) is 9.80 Å². The largest absolute Gasteiger partial charge is 0.549 e. The third-order valence-corrected chi connectivity index (χ3v) is 3.42. The molecule has 0 amide bonds. The SMILES string of the molecule is CCN(CC)CCN(CCN(CC(=O)[O-])CC(=O)[O-])CC(=O)[O-]. The fourth-order valence-electron chi connectivity index (χ4n) is 2.14. The Morgan fingerprint density at radius 2 is 0.913 bits per heavy atom. The van der Waals surface area contributed by atoms with Gasteiger partial charge in [-0.05, 0) is 13.1 Å². The lowest BCUT2D eigenvalue weighted by atomic mass is 10.3. The maximum atomic E-state index is 10.8. The van der Waals surface area contributed by atoms with Crippen molar-refractivity contribution in [1.82, 2.24) is 14.7 Å². The van der Waals surface area contributed by atoms with Crippen molar-refractivity contribution in [3.8, 4) is 0 Å². The van der Waals surface area contributed by atoms with Gasteiger partial charge in [0.15, 0.2) is 0 Å². The van der Waals surface area contributed by atoms with Crippen LogP contribution in [0.5, 0.6) is 0 Å². The van der Waals surface area contributed by atoms with Crippen LogP contribution in [0.3, 0.4) is 0 Å². The van der Waals surface area contributed by atoms with Gasteiger partial charge in [-0.2, -0.15) is 0 Å². The summed E-state index contributed by atoms with van der Waals surface area (Å²) in [5.41, 5.74) is 0. The zero-order valence-electron chi connectivity index (χ0n) is 13.7. The molecule has 0 unspecified atom stereocenters. The standard InChI is InChI=1S/C14H27N3O6/c1-3-15(4-2)5-6-16(9-12(18)19)7-8-17(10-13(20)21)11-14(22)23/h3-11H2,1-2H3,(H,18,19)(H,20,21)(H,22,23)/p-3. The van der Waals surface area contributed by atoms with Crippen molar-refractivity contribution < 1.29 is 29.7 Å². The number of aliphatic carboxylic acids is 3. The van der Waals surface area contributed by atoms with E-state index in [9.17, 15) is 29.7 Å². The molecule has 0 rings (SSSR count). The molecule has 0 saturated carbocycles. The summed E-state index contributed by atoms with van der Waals surface area (Å²) in [6.07, 6.45) is 0. The first-order valence-corrected chi connectivity index (χ1v) is 7.55. The average Bonchev–Trinajstić information content (AvgIpc) is 2.43. The summed E-state index contributed by atoms with van der Waals surface area (Å²) in [4.78, 5) is 36.9. The van der Waals surface area contributed by atoms with E-state index in [0.29, 0.717) is 13.1 Å². The Morgan fingerprint density at radius 1 is 0.609 bits per heavy atom. The van der Waals surface area contributed by atoms with Crippen LogP contribution in [0.4, 0.5) is 0 Å². The van der Waals surface area contributed by atoms with Crippen molar-refractivity contribution in [2.45, 2.75) is 13.8 Å². The summed E-state index contributed by atoms with van der Waals surface area (Å²) in [6.45, 7) is 5.64. The molecule has 9 heteroatoms. The molecule has 0 radical (unpaired) electrons. The van der Waals surface area contributed by atoms with Crippen LogP contribution in [0, 0.1) is 0 Å². The van der Waals surface area contributed by atoms with E-state index in [-0.39, 0.29) is 19.6 Å². The Morgan fingerprint density at radius 3 is 1.26 bits per heavy atom. The van der Waals surface area contributed by atoms with E-state index in [0.717, 1.165) is 18.0 Å². The second-order valence-electron chi connectivity index (χ2n) is 5.13. The lowest BCUT2D eigenvalue weighted by Crippen LogP contribution is -2.49. The molecule has 0 aromatic carbocycles. The van der Waals surface area contributed by atoms with E-state index in [1.165, 1.54) is 0 Å². The molecule has 134 valence electrons. The van der Waals surface area contributed by atoms with Crippen molar-refractivity contribution in [2.24, 2.45) is 0 Å². The molecule has 0 heterocycles. The normalized spacial score (nSPS) is 11.3. The van der Waals surface area contributed by atoms with Crippen molar-refractivity contribution in [2.75, 3.05) is 58.9 Å². The first-order chi connectivity index (χ1) is 10.8. The summed E-state index contributed by atoms with van der Waals surface area (Å²) in [5.74, 6) is -4.04. The first kappa shape index (κ1) is 21.3. The first-order valence-electron chi connectivity index (χ1n) is 7.55. The molecule has 0 N–H and O–H groups in total. The molecule has 0 atom stereocenters. The maximum Gasteiger partial charge on any atom is 0.0555 e. The number of hydrogen-bond acceptors (Lipinski definition) is 9. The van der Waals surface area contributed by atoms with Crippen molar-refractivity contribution in [1.29, 1.82) is 0 Å². The molecule has 0 spiro atoms. The third kappa shape index (κ3) is 11.5. The van der Waals surface area contributed by atoms with Gasteiger partial charge in [-0.25, -0.2) is 0 Å². The monoisotopic (exact) mass is 330 g/mol. The van der Waals surface area contributed by atoms with Crippen molar-refractivity contribution >= 4 is 17.9 Å². The molecule has 0 aromatic heterocycles. The van der Waals surface area contributed by atoms with E-state index in [1.807, 2.05) is 13.8 Å². The quantitative estimate of drug-likeness (QED) is 0.308. The highest BCUT2D eigenvalue weighted by molar-refractivity contribution is 5.70. The molecule has 0 aliphatic heterocycles. The van der Waals surface area contributed by atoms with Crippen molar-refractivity contribution in [3.05, 3.63) is 0 Å². The van der Waals surface area contributed by atoms with E-state index in [2.05, 4.69) is 4.90 Å². The van der Waals surface area contributed by atoms with Gasteiger partial charge in [-0.15, -0.1) is 0 Å². The smallest absolute Gasteiger partial charge is 0.0555 e. The van der Waals surface area contributed by atoms with Gasteiger partial charge in [0.1, 0.15) is 0 Å². The molecule has 0 aliphatic rings. The fraction of sp³-hybridized carbons (Fsp3) is 0.786. The van der Waals surface area contributed by atoms with Gasteiger partial charge in [0.25, 0.3) is 0 Å². The van der Waals surface area contributed by atoms with Crippen LogP contribution >= 0.6 is 0 Å². The van der Waals surface area contributed by atoms with E-state index in [1.54, 1.807) is 4.90 Å². The highest BCUT2D eigenvalue weighted by atomic mass is 16.4. The lowest BCUT2D eigenvalue weighted by molar-refractivity contribution is -0.311. The van der Waals surface area contributed by atoms with Gasteiger partial charge in [0, 0.05) is 45.8 Å². The van der Waals surface area contributed by atoms with Crippen LogP contribution in [0.2, 0.25) is 0 Å². The zero-order chi connectivity index (χ0) is 17.8. The second-order valence-corrected chi connectivity index (χ2v) is 5.13. The summed E-state index contributed by atoms with van der Waals surface area (Å²) in [7, 11) is 0. The van der Waals surface area contributed by atoms with Crippen molar-refractivity contribution in [3.63, 3.8) is 0 Å². The number of likely N-dealkylation sites (N-methyl/N-ethyl adjacent to an activating group) is 1. The number of rotatable bonds is 14. The van der Waals surface area contributed by atoms with Gasteiger partial charge >= 0.3 is 0 Å². The molecule has 23 heavy (non-hydrogen) atoms. The Bertz CT molecular complexity index is 371. The third-order valence-electron chi connectivity index (χ3n) is 3.42.